The van der Waals surface area contributed by atoms with Crippen LogP contribution in [0, 0.1) is 0 Å². The Morgan fingerprint density at radius 3 is 2.90 bits per heavy atom. The fraction of sp³-hybridized carbons (Fsp3) is 0.273. The zero-order chi connectivity index (χ0) is 21.1. The molecule has 1 unspecified atom stereocenters. The smallest absolute Gasteiger partial charge is 0.254 e. The molecule has 1 atom stereocenters. The molecule has 1 aliphatic heterocycles. The molecule has 8 heteroatoms. The Morgan fingerprint density at radius 2 is 2.07 bits per heavy atom. The van der Waals surface area contributed by atoms with Gasteiger partial charge in [-0.2, -0.15) is 0 Å². The number of sulfonamides is 1. The van der Waals surface area contributed by atoms with Crippen LogP contribution in [0.1, 0.15) is 23.2 Å². The van der Waals surface area contributed by atoms with E-state index in [-0.39, 0.29) is 23.4 Å². The maximum absolute atomic E-state index is 13.2. The van der Waals surface area contributed by atoms with Crippen LogP contribution in [0.2, 0.25) is 0 Å². The van der Waals surface area contributed by atoms with Crippen molar-refractivity contribution in [2.24, 2.45) is 0 Å². The maximum Gasteiger partial charge on any atom is 0.254 e. The second-order valence-corrected chi connectivity index (χ2v) is 9.12. The first-order valence-corrected chi connectivity index (χ1v) is 11.4. The van der Waals surface area contributed by atoms with Crippen molar-refractivity contribution in [3.05, 3.63) is 73.1 Å². The molecule has 0 saturated carbocycles. The lowest BCUT2D eigenvalue weighted by molar-refractivity contribution is 0.0724. The number of para-hydroxylation sites is 2. The van der Waals surface area contributed by atoms with E-state index in [1.807, 2.05) is 35.5 Å². The lowest BCUT2D eigenvalue weighted by Gasteiger charge is -2.25. The molecule has 1 N–H and O–H groups in total. The third-order valence-electron chi connectivity index (χ3n) is 5.38. The number of rotatable bonds is 7. The van der Waals surface area contributed by atoms with E-state index >= 15 is 0 Å². The molecule has 2 heterocycles. The van der Waals surface area contributed by atoms with E-state index in [4.69, 9.17) is 0 Å². The molecular formula is C22H24N4O3S. The minimum absolute atomic E-state index is 0.0364. The number of hydrogen-bond donors (Lipinski definition) is 1. The Bertz CT molecular complexity index is 1190. The zero-order valence-electron chi connectivity index (χ0n) is 16.6. The van der Waals surface area contributed by atoms with Gasteiger partial charge in [0.1, 0.15) is 0 Å². The van der Waals surface area contributed by atoms with Crippen molar-refractivity contribution < 1.29 is 13.2 Å². The van der Waals surface area contributed by atoms with Crippen LogP contribution in [0.15, 0.2) is 72.4 Å². The lowest BCUT2D eigenvalue weighted by Crippen LogP contribution is -2.38. The summed E-state index contributed by atoms with van der Waals surface area (Å²) in [6.07, 6.45) is 5.10. The van der Waals surface area contributed by atoms with Gasteiger partial charge in [0.05, 0.1) is 28.3 Å². The van der Waals surface area contributed by atoms with Gasteiger partial charge in [0.15, 0.2) is 0 Å². The summed E-state index contributed by atoms with van der Waals surface area (Å²) in [5, 5.41) is 0. The van der Waals surface area contributed by atoms with Crippen molar-refractivity contribution in [2.45, 2.75) is 30.3 Å². The molecule has 3 aromatic rings. The van der Waals surface area contributed by atoms with Crippen LogP contribution in [0.4, 0.5) is 0 Å². The number of nitrogens with one attached hydrogen (secondary N) is 1. The summed E-state index contributed by atoms with van der Waals surface area (Å²) in [6.45, 7) is 4.96. The first-order chi connectivity index (χ1) is 14.5. The first-order valence-electron chi connectivity index (χ1n) is 9.91. The average molecular weight is 425 g/mol. The topological polar surface area (TPSA) is 84.3 Å². The van der Waals surface area contributed by atoms with E-state index in [1.165, 1.54) is 18.2 Å². The highest BCUT2D eigenvalue weighted by Gasteiger charge is 2.30. The number of likely N-dealkylation sites (tertiary alicyclic amines) is 1. The largest absolute Gasteiger partial charge is 0.334 e. The van der Waals surface area contributed by atoms with Gasteiger partial charge in [-0.1, -0.05) is 24.3 Å². The van der Waals surface area contributed by atoms with Crippen molar-refractivity contribution in [1.29, 1.82) is 0 Å². The van der Waals surface area contributed by atoms with Crippen LogP contribution >= 0.6 is 0 Å². The summed E-state index contributed by atoms with van der Waals surface area (Å²) in [6, 6.07) is 14.1. The molecule has 30 heavy (non-hydrogen) atoms. The Morgan fingerprint density at radius 1 is 1.23 bits per heavy atom. The Balaban J connectivity index is 1.55. The third kappa shape index (κ3) is 4.01. The van der Waals surface area contributed by atoms with Crippen LogP contribution < -0.4 is 4.72 Å². The van der Waals surface area contributed by atoms with Gasteiger partial charge in [0.25, 0.3) is 5.91 Å². The predicted octanol–water partition coefficient (Wildman–Crippen LogP) is 2.81. The standard InChI is InChI=1S/C22H24N4O3S/c1-2-12-24-30(28,29)19-9-5-7-17(14-19)22(27)26-13-6-8-18(26)15-25-16-23-20-10-3-4-11-21(20)25/h2-5,7,9-11,14,16,18,24H,1,6,8,12-13,15H2. The molecule has 0 spiro atoms. The summed E-state index contributed by atoms with van der Waals surface area (Å²) < 4.78 is 29.3. The van der Waals surface area contributed by atoms with Gasteiger partial charge in [-0.25, -0.2) is 18.1 Å². The van der Waals surface area contributed by atoms with Gasteiger partial charge in [0.2, 0.25) is 10.0 Å². The maximum atomic E-state index is 13.2. The third-order valence-corrected chi connectivity index (χ3v) is 6.80. The Kier molecular flexibility index (Phi) is 5.69. The summed E-state index contributed by atoms with van der Waals surface area (Å²) in [7, 11) is -3.69. The van der Waals surface area contributed by atoms with Gasteiger partial charge >= 0.3 is 0 Å². The summed E-state index contributed by atoms with van der Waals surface area (Å²) in [5.74, 6) is -0.150. The van der Waals surface area contributed by atoms with Crippen LogP contribution in [0.3, 0.4) is 0 Å². The Hall–Kier alpha value is -2.97. The fourth-order valence-electron chi connectivity index (χ4n) is 3.89. The molecule has 2 aromatic carbocycles. The molecule has 1 aliphatic rings. The van der Waals surface area contributed by atoms with Gasteiger partial charge in [-0.15, -0.1) is 6.58 Å². The summed E-state index contributed by atoms with van der Waals surface area (Å²) in [4.78, 5) is 19.6. The number of imidazole rings is 1. The van der Waals surface area contributed by atoms with Crippen LogP contribution in [-0.2, 0) is 16.6 Å². The van der Waals surface area contributed by atoms with Crippen molar-refractivity contribution in [1.82, 2.24) is 19.2 Å². The van der Waals surface area contributed by atoms with E-state index < -0.39 is 10.0 Å². The van der Waals surface area contributed by atoms with Gasteiger partial charge in [-0.3, -0.25) is 4.79 Å². The molecule has 0 radical (unpaired) electrons. The highest BCUT2D eigenvalue weighted by atomic mass is 32.2. The molecule has 1 amide bonds. The fourth-order valence-corrected chi connectivity index (χ4v) is 4.93. The van der Waals surface area contributed by atoms with E-state index in [2.05, 4.69) is 20.9 Å². The minimum atomic E-state index is -3.69. The van der Waals surface area contributed by atoms with Crippen LogP contribution in [0.25, 0.3) is 11.0 Å². The molecule has 0 aliphatic carbocycles. The molecule has 1 saturated heterocycles. The summed E-state index contributed by atoms with van der Waals surface area (Å²) in [5.41, 5.74) is 2.34. The molecule has 1 fully saturated rings. The minimum Gasteiger partial charge on any atom is -0.334 e. The monoisotopic (exact) mass is 424 g/mol. The molecule has 7 nitrogen and oxygen atoms in total. The normalized spacial score (nSPS) is 16.8. The van der Waals surface area contributed by atoms with E-state index in [0.717, 1.165) is 23.9 Å². The number of benzene rings is 2. The van der Waals surface area contributed by atoms with Gasteiger partial charge in [0, 0.05) is 25.2 Å². The number of aromatic nitrogens is 2. The molecule has 156 valence electrons. The first kappa shape index (κ1) is 20.3. The number of nitrogens with zero attached hydrogens (tertiary/aromatic N) is 3. The predicted molar refractivity (Wildman–Crippen MR) is 116 cm³/mol. The second kappa shape index (κ2) is 8.41. The number of hydrogen-bond acceptors (Lipinski definition) is 4. The molecule has 0 bridgehead atoms. The zero-order valence-corrected chi connectivity index (χ0v) is 17.4. The number of carbonyl (C=O) groups excluding carboxylic acids is 1. The SMILES string of the molecule is C=CCNS(=O)(=O)c1cccc(C(=O)N2CCCC2Cn2cnc3ccccc32)c1. The van der Waals surface area contributed by atoms with E-state index in [0.29, 0.717) is 18.7 Å². The summed E-state index contributed by atoms with van der Waals surface area (Å²) >= 11 is 0. The second-order valence-electron chi connectivity index (χ2n) is 7.35. The molecular weight excluding hydrogens is 400 g/mol. The van der Waals surface area contributed by atoms with Crippen LogP contribution in [-0.4, -0.2) is 47.9 Å². The molecule has 4 rings (SSSR count). The van der Waals surface area contributed by atoms with E-state index in [9.17, 15) is 13.2 Å². The number of amides is 1. The quantitative estimate of drug-likeness (QED) is 0.591. The van der Waals surface area contributed by atoms with E-state index in [1.54, 1.807) is 12.1 Å². The highest BCUT2D eigenvalue weighted by Crippen LogP contribution is 2.24. The van der Waals surface area contributed by atoms with Crippen molar-refractivity contribution in [2.75, 3.05) is 13.1 Å². The Labute approximate surface area is 176 Å². The average Bonchev–Trinajstić information content (AvgIpc) is 3.39. The van der Waals surface area contributed by atoms with Crippen molar-refractivity contribution >= 4 is 27.0 Å². The molecule has 1 aromatic heterocycles. The van der Waals surface area contributed by atoms with Crippen molar-refractivity contribution in [3.8, 4) is 0 Å². The number of carbonyl (C=O) groups is 1. The highest BCUT2D eigenvalue weighted by molar-refractivity contribution is 7.89. The van der Waals surface area contributed by atoms with Gasteiger partial charge in [-0.05, 0) is 43.2 Å². The lowest BCUT2D eigenvalue weighted by atomic mass is 10.1. The van der Waals surface area contributed by atoms with Crippen molar-refractivity contribution in [3.63, 3.8) is 0 Å². The van der Waals surface area contributed by atoms with Crippen LogP contribution in [0.5, 0.6) is 0 Å². The number of fused-ring (bicyclic) bond motifs is 1. The van der Waals surface area contributed by atoms with Gasteiger partial charge < -0.3 is 9.47 Å².